The van der Waals surface area contributed by atoms with E-state index in [1.165, 1.54) is 0 Å². The Balaban J connectivity index is 1.55. The number of benzene rings is 1. The van der Waals surface area contributed by atoms with E-state index in [4.69, 9.17) is 4.74 Å². The zero-order valence-corrected chi connectivity index (χ0v) is 13.4. The SMILES string of the molecule is COc1ccc(CCC(=O)NCCCN2CCNCC2)cc1. The number of carbonyl (C=O) groups is 1. The summed E-state index contributed by atoms with van der Waals surface area (Å²) in [7, 11) is 1.66. The van der Waals surface area contributed by atoms with Gasteiger partial charge in [0.2, 0.25) is 5.91 Å². The molecule has 0 unspecified atom stereocenters. The van der Waals surface area contributed by atoms with Gasteiger partial charge in [0.1, 0.15) is 5.75 Å². The number of methoxy groups -OCH3 is 1. The van der Waals surface area contributed by atoms with E-state index in [1.807, 2.05) is 24.3 Å². The molecule has 0 aliphatic carbocycles. The molecule has 1 aliphatic heterocycles. The average Bonchev–Trinajstić information content (AvgIpc) is 2.58. The van der Waals surface area contributed by atoms with Gasteiger partial charge in [-0.1, -0.05) is 12.1 Å². The quantitative estimate of drug-likeness (QED) is 0.705. The van der Waals surface area contributed by atoms with Crippen molar-refractivity contribution >= 4 is 5.91 Å². The lowest BCUT2D eigenvalue weighted by Crippen LogP contribution is -2.44. The Morgan fingerprint density at radius 2 is 2.00 bits per heavy atom. The number of carbonyl (C=O) groups excluding carboxylic acids is 1. The summed E-state index contributed by atoms with van der Waals surface area (Å²) in [6.45, 7) is 6.23. The van der Waals surface area contributed by atoms with Gasteiger partial charge in [0.05, 0.1) is 7.11 Å². The van der Waals surface area contributed by atoms with Crippen LogP contribution < -0.4 is 15.4 Å². The van der Waals surface area contributed by atoms with Gasteiger partial charge in [-0.05, 0) is 37.1 Å². The second kappa shape index (κ2) is 9.43. The second-order valence-electron chi connectivity index (χ2n) is 5.64. The van der Waals surface area contributed by atoms with E-state index in [0.29, 0.717) is 6.42 Å². The number of rotatable bonds is 8. The van der Waals surface area contributed by atoms with E-state index in [1.54, 1.807) is 7.11 Å². The fourth-order valence-electron chi connectivity index (χ4n) is 2.60. The van der Waals surface area contributed by atoms with Crippen LogP contribution in [0, 0.1) is 0 Å². The fourth-order valence-corrected chi connectivity index (χ4v) is 2.60. The highest BCUT2D eigenvalue weighted by molar-refractivity contribution is 5.76. The van der Waals surface area contributed by atoms with Crippen molar-refractivity contribution in [3.05, 3.63) is 29.8 Å². The molecular weight excluding hydrogens is 278 g/mol. The molecule has 2 rings (SSSR count). The minimum Gasteiger partial charge on any atom is -0.497 e. The number of hydrogen-bond donors (Lipinski definition) is 2. The molecule has 0 saturated carbocycles. The molecule has 5 heteroatoms. The monoisotopic (exact) mass is 305 g/mol. The molecule has 1 heterocycles. The molecule has 0 radical (unpaired) electrons. The molecular formula is C17H27N3O2. The third kappa shape index (κ3) is 6.03. The van der Waals surface area contributed by atoms with Crippen molar-refractivity contribution in [2.24, 2.45) is 0 Å². The summed E-state index contributed by atoms with van der Waals surface area (Å²) >= 11 is 0. The molecule has 1 fully saturated rings. The Morgan fingerprint density at radius 3 is 2.68 bits per heavy atom. The van der Waals surface area contributed by atoms with Gasteiger partial charge in [-0.3, -0.25) is 4.79 Å². The van der Waals surface area contributed by atoms with E-state index in [-0.39, 0.29) is 5.91 Å². The molecule has 0 spiro atoms. The molecule has 22 heavy (non-hydrogen) atoms. The van der Waals surface area contributed by atoms with Crippen LogP contribution in [0.5, 0.6) is 5.75 Å². The lowest BCUT2D eigenvalue weighted by molar-refractivity contribution is -0.121. The summed E-state index contributed by atoms with van der Waals surface area (Å²) < 4.78 is 5.12. The molecule has 1 aliphatic rings. The van der Waals surface area contributed by atoms with Crippen molar-refractivity contribution in [1.29, 1.82) is 0 Å². The maximum absolute atomic E-state index is 11.8. The fraction of sp³-hybridized carbons (Fsp3) is 0.588. The van der Waals surface area contributed by atoms with Gasteiger partial charge < -0.3 is 20.3 Å². The van der Waals surface area contributed by atoms with Gasteiger partial charge in [0, 0.05) is 39.1 Å². The minimum absolute atomic E-state index is 0.135. The van der Waals surface area contributed by atoms with Crippen molar-refractivity contribution in [3.8, 4) is 5.75 Å². The first-order valence-corrected chi connectivity index (χ1v) is 8.10. The van der Waals surface area contributed by atoms with Crippen LogP contribution in [-0.2, 0) is 11.2 Å². The minimum atomic E-state index is 0.135. The van der Waals surface area contributed by atoms with Gasteiger partial charge in [-0.25, -0.2) is 0 Å². The summed E-state index contributed by atoms with van der Waals surface area (Å²) in [6, 6.07) is 7.88. The molecule has 1 saturated heterocycles. The van der Waals surface area contributed by atoms with Crippen LogP contribution in [-0.4, -0.2) is 57.2 Å². The molecule has 1 aromatic carbocycles. The number of piperazine rings is 1. The standard InChI is InChI=1S/C17H27N3O2/c1-22-16-6-3-15(4-7-16)5-8-17(21)19-9-2-12-20-13-10-18-11-14-20/h3-4,6-7,18H,2,5,8-14H2,1H3,(H,19,21). The molecule has 0 aromatic heterocycles. The summed E-state index contributed by atoms with van der Waals surface area (Å²) in [5.74, 6) is 0.984. The molecule has 0 atom stereocenters. The van der Waals surface area contributed by atoms with E-state index in [0.717, 1.165) is 63.4 Å². The number of amides is 1. The van der Waals surface area contributed by atoms with Gasteiger partial charge in [-0.15, -0.1) is 0 Å². The van der Waals surface area contributed by atoms with E-state index in [9.17, 15) is 4.79 Å². The second-order valence-corrected chi connectivity index (χ2v) is 5.64. The maximum atomic E-state index is 11.8. The predicted octanol–water partition coefficient (Wildman–Crippen LogP) is 1.04. The number of nitrogens with zero attached hydrogens (tertiary/aromatic N) is 1. The number of hydrogen-bond acceptors (Lipinski definition) is 4. The topological polar surface area (TPSA) is 53.6 Å². The third-order valence-electron chi connectivity index (χ3n) is 3.98. The Bertz CT molecular complexity index is 442. The first-order chi connectivity index (χ1) is 10.8. The first-order valence-electron chi connectivity index (χ1n) is 8.10. The number of ether oxygens (including phenoxy) is 1. The average molecular weight is 305 g/mol. The van der Waals surface area contributed by atoms with Gasteiger partial charge in [0.25, 0.3) is 0 Å². The van der Waals surface area contributed by atoms with Crippen LogP contribution in [0.15, 0.2) is 24.3 Å². The highest BCUT2D eigenvalue weighted by Crippen LogP contribution is 2.12. The van der Waals surface area contributed by atoms with E-state index >= 15 is 0 Å². The lowest BCUT2D eigenvalue weighted by atomic mass is 10.1. The van der Waals surface area contributed by atoms with Crippen molar-refractivity contribution < 1.29 is 9.53 Å². The lowest BCUT2D eigenvalue weighted by Gasteiger charge is -2.27. The zero-order chi connectivity index (χ0) is 15.6. The molecule has 2 N–H and O–H groups in total. The van der Waals surface area contributed by atoms with Crippen molar-refractivity contribution in [2.75, 3.05) is 46.4 Å². The largest absolute Gasteiger partial charge is 0.497 e. The van der Waals surface area contributed by atoms with Crippen molar-refractivity contribution in [2.45, 2.75) is 19.3 Å². The molecule has 1 aromatic rings. The van der Waals surface area contributed by atoms with Gasteiger partial charge in [0.15, 0.2) is 0 Å². The van der Waals surface area contributed by atoms with E-state index < -0.39 is 0 Å². The molecule has 122 valence electrons. The summed E-state index contributed by atoms with van der Waals surface area (Å²) in [6.07, 6.45) is 2.34. The zero-order valence-electron chi connectivity index (χ0n) is 13.4. The van der Waals surface area contributed by atoms with Crippen molar-refractivity contribution in [3.63, 3.8) is 0 Å². The van der Waals surface area contributed by atoms with Crippen LogP contribution >= 0.6 is 0 Å². The van der Waals surface area contributed by atoms with Crippen LogP contribution in [0.1, 0.15) is 18.4 Å². The summed E-state index contributed by atoms with van der Waals surface area (Å²) in [5, 5.41) is 6.35. The highest BCUT2D eigenvalue weighted by atomic mass is 16.5. The summed E-state index contributed by atoms with van der Waals surface area (Å²) in [5.41, 5.74) is 1.16. The van der Waals surface area contributed by atoms with Crippen LogP contribution in [0.4, 0.5) is 0 Å². The van der Waals surface area contributed by atoms with Gasteiger partial charge >= 0.3 is 0 Å². The van der Waals surface area contributed by atoms with Crippen molar-refractivity contribution in [1.82, 2.24) is 15.5 Å². The third-order valence-corrected chi connectivity index (χ3v) is 3.98. The smallest absolute Gasteiger partial charge is 0.220 e. The Kier molecular flexibility index (Phi) is 7.19. The summed E-state index contributed by atoms with van der Waals surface area (Å²) in [4.78, 5) is 14.3. The number of nitrogens with one attached hydrogen (secondary N) is 2. The van der Waals surface area contributed by atoms with Crippen LogP contribution in [0.25, 0.3) is 0 Å². The number of aryl methyl sites for hydroxylation is 1. The van der Waals surface area contributed by atoms with E-state index in [2.05, 4.69) is 15.5 Å². The molecule has 5 nitrogen and oxygen atoms in total. The normalized spacial score (nSPS) is 15.5. The first kappa shape index (κ1) is 16.8. The Morgan fingerprint density at radius 1 is 1.27 bits per heavy atom. The Labute approximate surface area is 133 Å². The molecule has 0 bridgehead atoms. The highest BCUT2D eigenvalue weighted by Gasteiger charge is 2.08. The maximum Gasteiger partial charge on any atom is 0.220 e. The van der Waals surface area contributed by atoms with Crippen LogP contribution in [0.3, 0.4) is 0 Å². The Hall–Kier alpha value is -1.59. The van der Waals surface area contributed by atoms with Gasteiger partial charge in [-0.2, -0.15) is 0 Å². The molecule has 1 amide bonds. The predicted molar refractivity (Wildman–Crippen MR) is 88.3 cm³/mol. The van der Waals surface area contributed by atoms with Crippen LogP contribution in [0.2, 0.25) is 0 Å².